The lowest BCUT2D eigenvalue weighted by molar-refractivity contribution is -0.157. The molecule has 1 saturated carbocycles. The summed E-state index contributed by atoms with van der Waals surface area (Å²) >= 11 is 0. The van der Waals surface area contributed by atoms with Crippen LogP contribution in [0.5, 0.6) is 0 Å². The van der Waals surface area contributed by atoms with Crippen molar-refractivity contribution in [3.8, 4) is 0 Å². The monoisotopic (exact) mass is 240 g/mol. The second kappa shape index (κ2) is 4.94. The second-order valence-electron chi connectivity index (χ2n) is 5.93. The number of hydrogen-bond acceptors (Lipinski definition) is 3. The summed E-state index contributed by atoms with van der Waals surface area (Å²) in [6.07, 6.45) is 2.79. The zero-order valence-electron chi connectivity index (χ0n) is 10.9. The van der Waals surface area contributed by atoms with Crippen LogP contribution in [0.3, 0.4) is 0 Å². The van der Waals surface area contributed by atoms with Gasteiger partial charge in [0.1, 0.15) is 5.54 Å². The van der Waals surface area contributed by atoms with E-state index in [-0.39, 0.29) is 0 Å². The smallest absolute Gasteiger partial charge is 0.324 e. The SMILES string of the molecule is CC1CC(C)CC(C(=O)O)(N2CCNCC2)C1. The summed E-state index contributed by atoms with van der Waals surface area (Å²) in [7, 11) is 0. The van der Waals surface area contributed by atoms with Gasteiger partial charge in [0.05, 0.1) is 0 Å². The number of carboxylic acids is 1. The first-order chi connectivity index (χ1) is 8.04. The molecule has 2 unspecified atom stereocenters. The van der Waals surface area contributed by atoms with Gasteiger partial charge in [0.2, 0.25) is 0 Å². The highest BCUT2D eigenvalue weighted by Crippen LogP contribution is 2.40. The van der Waals surface area contributed by atoms with Gasteiger partial charge in [0.15, 0.2) is 0 Å². The van der Waals surface area contributed by atoms with E-state index in [1.807, 2.05) is 0 Å². The topological polar surface area (TPSA) is 52.6 Å². The Bertz CT molecular complexity index is 277. The second-order valence-corrected chi connectivity index (χ2v) is 5.93. The van der Waals surface area contributed by atoms with Gasteiger partial charge in [-0.1, -0.05) is 13.8 Å². The average Bonchev–Trinajstić information content (AvgIpc) is 2.28. The molecule has 0 aromatic heterocycles. The summed E-state index contributed by atoms with van der Waals surface area (Å²) in [6, 6.07) is 0. The van der Waals surface area contributed by atoms with E-state index in [0.717, 1.165) is 39.0 Å². The minimum atomic E-state index is -0.613. The molecule has 4 nitrogen and oxygen atoms in total. The van der Waals surface area contributed by atoms with Crippen molar-refractivity contribution in [2.24, 2.45) is 11.8 Å². The molecule has 0 aromatic rings. The lowest BCUT2D eigenvalue weighted by Crippen LogP contribution is -2.62. The highest BCUT2D eigenvalue weighted by atomic mass is 16.4. The number of carbonyl (C=O) groups is 1. The van der Waals surface area contributed by atoms with Crippen molar-refractivity contribution >= 4 is 5.97 Å². The van der Waals surface area contributed by atoms with Crippen LogP contribution < -0.4 is 5.32 Å². The van der Waals surface area contributed by atoms with Crippen molar-refractivity contribution in [3.63, 3.8) is 0 Å². The summed E-state index contributed by atoms with van der Waals surface area (Å²) < 4.78 is 0. The molecule has 1 heterocycles. The Kier molecular flexibility index (Phi) is 3.73. The van der Waals surface area contributed by atoms with Crippen LogP contribution in [0.4, 0.5) is 0 Å². The number of nitrogens with one attached hydrogen (secondary N) is 1. The van der Waals surface area contributed by atoms with Crippen LogP contribution in [0.25, 0.3) is 0 Å². The highest BCUT2D eigenvalue weighted by molar-refractivity contribution is 5.79. The first-order valence-electron chi connectivity index (χ1n) is 6.74. The molecule has 98 valence electrons. The molecule has 0 bridgehead atoms. The number of hydrogen-bond donors (Lipinski definition) is 2. The number of aliphatic carboxylic acids is 1. The largest absolute Gasteiger partial charge is 0.480 e. The zero-order chi connectivity index (χ0) is 12.5. The Morgan fingerprint density at radius 2 is 1.76 bits per heavy atom. The lowest BCUT2D eigenvalue weighted by Gasteiger charge is -2.48. The van der Waals surface area contributed by atoms with E-state index < -0.39 is 11.5 Å². The maximum Gasteiger partial charge on any atom is 0.324 e. The van der Waals surface area contributed by atoms with Crippen molar-refractivity contribution < 1.29 is 9.90 Å². The Morgan fingerprint density at radius 3 is 2.24 bits per heavy atom. The molecular formula is C13H24N2O2. The summed E-state index contributed by atoms with van der Waals surface area (Å²) in [5.41, 5.74) is -0.598. The van der Waals surface area contributed by atoms with E-state index in [1.165, 1.54) is 6.42 Å². The van der Waals surface area contributed by atoms with Crippen LogP contribution in [0, 0.1) is 11.8 Å². The normalized spacial score (nSPS) is 40.1. The molecule has 1 aliphatic heterocycles. The van der Waals surface area contributed by atoms with Gasteiger partial charge in [0.25, 0.3) is 0 Å². The molecule has 2 atom stereocenters. The third-order valence-electron chi connectivity index (χ3n) is 4.30. The van der Waals surface area contributed by atoms with Gasteiger partial charge in [0, 0.05) is 26.2 Å². The van der Waals surface area contributed by atoms with Crippen molar-refractivity contribution in [1.82, 2.24) is 10.2 Å². The van der Waals surface area contributed by atoms with E-state index in [9.17, 15) is 9.90 Å². The molecule has 0 spiro atoms. The minimum absolute atomic E-state index is 0.518. The first-order valence-corrected chi connectivity index (χ1v) is 6.74. The van der Waals surface area contributed by atoms with Crippen LogP contribution in [-0.4, -0.2) is 47.7 Å². The first kappa shape index (κ1) is 12.8. The van der Waals surface area contributed by atoms with E-state index in [2.05, 4.69) is 24.1 Å². The molecule has 2 aliphatic rings. The van der Waals surface area contributed by atoms with Gasteiger partial charge in [-0.3, -0.25) is 9.69 Å². The fourth-order valence-corrected chi connectivity index (χ4v) is 3.75. The molecule has 2 N–H and O–H groups in total. The Hall–Kier alpha value is -0.610. The molecule has 4 heteroatoms. The summed E-state index contributed by atoms with van der Waals surface area (Å²) in [5.74, 6) is 0.423. The van der Waals surface area contributed by atoms with E-state index >= 15 is 0 Å². The van der Waals surface area contributed by atoms with Gasteiger partial charge >= 0.3 is 5.97 Å². The number of nitrogens with zero attached hydrogens (tertiary/aromatic N) is 1. The number of rotatable bonds is 2. The molecular weight excluding hydrogens is 216 g/mol. The summed E-state index contributed by atoms with van der Waals surface area (Å²) in [6.45, 7) is 7.94. The van der Waals surface area contributed by atoms with Crippen molar-refractivity contribution in [3.05, 3.63) is 0 Å². The van der Waals surface area contributed by atoms with Crippen LogP contribution >= 0.6 is 0 Å². The predicted molar refractivity (Wildman–Crippen MR) is 67.0 cm³/mol. The van der Waals surface area contributed by atoms with Gasteiger partial charge in [-0.05, 0) is 31.1 Å². The average molecular weight is 240 g/mol. The molecule has 2 rings (SSSR count). The molecule has 1 aliphatic carbocycles. The van der Waals surface area contributed by atoms with Gasteiger partial charge < -0.3 is 10.4 Å². The summed E-state index contributed by atoms with van der Waals surface area (Å²) in [5, 5.41) is 13.0. The van der Waals surface area contributed by atoms with Crippen LogP contribution in [0.2, 0.25) is 0 Å². The Morgan fingerprint density at radius 1 is 1.24 bits per heavy atom. The molecule has 0 aromatic carbocycles. The fraction of sp³-hybridized carbons (Fsp3) is 0.923. The number of carboxylic acid groups (broad SMARTS) is 1. The number of piperazine rings is 1. The van der Waals surface area contributed by atoms with E-state index in [0.29, 0.717) is 11.8 Å². The molecule has 2 fully saturated rings. The van der Waals surface area contributed by atoms with Gasteiger partial charge in [-0.2, -0.15) is 0 Å². The molecule has 17 heavy (non-hydrogen) atoms. The van der Waals surface area contributed by atoms with Gasteiger partial charge in [-0.25, -0.2) is 0 Å². The Labute approximate surface area is 103 Å². The maximum atomic E-state index is 11.8. The van der Waals surface area contributed by atoms with Crippen molar-refractivity contribution in [2.45, 2.75) is 38.6 Å². The molecule has 1 saturated heterocycles. The Balaban J connectivity index is 2.21. The third kappa shape index (κ3) is 2.47. The van der Waals surface area contributed by atoms with Crippen LogP contribution in [0.1, 0.15) is 33.1 Å². The standard InChI is InChI=1S/C13H24N2O2/c1-10-7-11(2)9-13(8-10,12(16)17)15-5-3-14-4-6-15/h10-11,14H,3-9H2,1-2H3,(H,16,17). The zero-order valence-corrected chi connectivity index (χ0v) is 10.9. The molecule has 0 radical (unpaired) electrons. The quantitative estimate of drug-likeness (QED) is 0.761. The van der Waals surface area contributed by atoms with Crippen LogP contribution in [0.15, 0.2) is 0 Å². The minimum Gasteiger partial charge on any atom is -0.480 e. The van der Waals surface area contributed by atoms with E-state index in [1.54, 1.807) is 0 Å². The maximum absolute atomic E-state index is 11.8. The third-order valence-corrected chi connectivity index (χ3v) is 4.30. The summed E-state index contributed by atoms with van der Waals surface area (Å²) in [4.78, 5) is 14.0. The predicted octanol–water partition coefficient (Wildman–Crippen LogP) is 1.17. The van der Waals surface area contributed by atoms with Gasteiger partial charge in [-0.15, -0.1) is 0 Å². The lowest BCUT2D eigenvalue weighted by atomic mass is 9.70. The molecule has 0 amide bonds. The van der Waals surface area contributed by atoms with E-state index in [4.69, 9.17) is 0 Å². The van der Waals surface area contributed by atoms with Crippen molar-refractivity contribution in [1.29, 1.82) is 0 Å². The fourth-order valence-electron chi connectivity index (χ4n) is 3.75. The highest BCUT2D eigenvalue weighted by Gasteiger charge is 2.48. The van der Waals surface area contributed by atoms with Crippen LogP contribution in [-0.2, 0) is 4.79 Å². The van der Waals surface area contributed by atoms with Crippen molar-refractivity contribution in [2.75, 3.05) is 26.2 Å².